The molecule has 0 aromatic rings. The summed E-state index contributed by atoms with van der Waals surface area (Å²) in [6, 6.07) is 0. The van der Waals surface area contributed by atoms with Crippen LogP contribution >= 0.6 is 24.4 Å². The van der Waals surface area contributed by atoms with E-state index in [0.717, 1.165) is 30.4 Å². The van der Waals surface area contributed by atoms with Crippen LogP contribution in [0.4, 0.5) is 0 Å². The number of thioether (sulfide) groups is 1. The van der Waals surface area contributed by atoms with E-state index >= 15 is 0 Å². The summed E-state index contributed by atoms with van der Waals surface area (Å²) in [5, 5.41) is 18.5. The summed E-state index contributed by atoms with van der Waals surface area (Å²) in [6.07, 6.45) is 9.88. The van der Waals surface area contributed by atoms with Crippen LogP contribution in [0.3, 0.4) is 0 Å². The second-order valence-electron chi connectivity index (χ2n) is 8.85. The maximum atomic E-state index is 9.62. The Hall–Kier alpha value is 0.540. The van der Waals surface area contributed by atoms with E-state index in [4.69, 9.17) is 14.6 Å². The molecule has 0 amide bonds. The lowest BCUT2D eigenvalue weighted by Gasteiger charge is -2.46. The fraction of sp³-hybridized carbons (Fsp3) is 1.00. The van der Waals surface area contributed by atoms with Crippen LogP contribution in [0.5, 0.6) is 0 Å². The van der Waals surface area contributed by atoms with Crippen molar-refractivity contribution in [1.29, 1.82) is 0 Å². The first kappa shape index (κ1) is 23.8. The number of hydrogen-bond donors (Lipinski definition) is 3. The van der Waals surface area contributed by atoms with Crippen LogP contribution in [-0.4, -0.2) is 59.2 Å². The Morgan fingerprint density at radius 3 is 1.96 bits per heavy atom. The predicted molar refractivity (Wildman–Crippen MR) is 117 cm³/mol. The van der Waals surface area contributed by atoms with Gasteiger partial charge in [-0.3, -0.25) is 0 Å². The zero-order valence-electron chi connectivity index (χ0n) is 17.1. The molecule has 4 nitrogen and oxygen atoms in total. The Labute approximate surface area is 175 Å². The molecule has 2 N–H and O–H groups in total. The second-order valence-corrected chi connectivity index (χ2v) is 10.3. The summed E-state index contributed by atoms with van der Waals surface area (Å²) in [7, 11) is 0. The maximum absolute atomic E-state index is 9.62. The summed E-state index contributed by atoms with van der Waals surface area (Å²) in [5.41, 5.74) is 0.381. The number of ether oxygens (including phenoxy) is 2. The van der Waals surface area contributed by atoms with Gasteiger partial charge in [-0.05, 0) is 68.6 Å². The lowest BCUT2D eigenvalue weighted by atomic mass is 9.60. The van der Waals surface area contributed by atoms with Crippen molar-refractivity contribution in [2.24, 2.45) is 17.3 Å². The molecule has 27 heavy (non-hydrogen) atoms. The van der Waals surface area contributed by atoms with E-state index in [1.165, 1.54) is 38.5 Å². The molecule has 0 saturated heterocycles. The molecule has 6 heteroatoms. The largest absolute Gasteiger partial charge is 0.396 e. The van der Waals surface area contributed by atoms with Crippen LogP contribution < -0.4 is 0 Å². The van der Waals surface area contributed by atoms with Gasteiger partial charge in [0.1, 0.15) is 0 Å². The van der Waals surface area contributed by atoms with E-state index < -0.39 is 6.10 Å². The van der Waals surface area contributed by atoms with Gasteiger partial charge in [0.25, 0.3) is 0 Å². The summed E-state index contributed by atoms with van der Waals surface area (Å²) >= 11 is 5.79. The van der Waals surface area contributed by atoms with Gasteiger partial charge in [-0.2, -0.15) is 12.6 Å². The van der Waals surface area contributed by atoms with Gasteiger partial charge < -0.3 is 19.7 Å². The molecule has 2 aliphatic carbocycles. The van der Waals surface area contributed by atoms with Crippen molar-refractivity contribution in [3.63, 3.8) is 0 Å². The number of hydrogen-bond acceptors (Lipinski definition) is 6. The van der Waals surface area contributed by atoms with Crippen LogP contribution in [0.15, 0.2) is 0 Å². The van der Waals surface area contributed by atoms with Crippen molar-refractivity contribution in [2.75, 3.05) is 30.7 Å². The Morgan fingerprint density at radius 1 is 0.963 bits per heavy atom. The van der Waals surface area contributed by atoms with Gasteiger partial charge in [-0.25, -0.2) is 0 Å². The van der Waals surface area contributed by atoms with Gasteiger partial charge in [0.15, 0.2) is 0 Å². The molecular weight excluding hydrogens is 380 g/mol. The monoisotopic (exact) mass is 420 g/mol. The van der Waals surface area contributed by atoms with Crippen molar-refractivity contribution in [3.05, 3.63) is 0 Å². The van der Waals surface area contributed by atoms with E-state index in [9.17, 15) is 5.11 Å². The Balaban J connectivity index is 1.69. The quantitative estimate of drug-likeness (QED) is 0.266. The molecular formula is C21H40O4S2. The first-order valence-corrected chi connectivity index (χ1v) is 12.5. The third-order valence-corrected chi connectivity index (χ3v) is 8.01. The first-order chi connectivity index (χ1) is 13.0. The highest BCUT2D eigenvalue weighted by molar-refractivity contribution is 7.99. The van der Waals surface area contributed by atoms with Crippen molar-refractivity contribution < 1.29 is 19.7 Å². The van der Waals surface area contributed by atoms with Gasteiger partial charge in [-0.15, -0.1) is 11.8 Å². The van der Waals surface area contributed by atoms with Crippen LogP contribution in [0.25, 0.3) is 0 Å². The van der Waals surface area contributed by atoms with E-state index in [0.29, 0.717) is 35.9 Å². The van der Waals surface area contributed by atoms with Crippen molar-refractivity contribution in [1.82, 2.24) is 0 Å². The van der Waals surface area contributed by atoms with Gasteiger partial charge >= 0.3 is 0 Å². The molecule has 1 unspecified atom stereocenters. The minimum absolute atomic E-state index is 0.234. The average molecular weight is 421 g/mol. The molecule has 2 fully saturated rings. The minimum Gasteiger partial charge on any atom is -0.396 e. The van der Waals surface area contributed by atoms with Gasteiger partial charge in [0.05, 0.1) is 37.5 Å². The molecule has 2 aliphatic rings. The highest BCUT2D eigenvalue weighted by atomic mass is 32.2. The number of thiol groups is 1. The van der Waals surface area contributed by atoms with Gasteiger partial charge in [0, 0.05) is 11.5 Å². The lowest BCUT2D eigenvalue weighted by molar-refractivity contribution is -0.0466. The molecule has 0 heterocycles. The van der Waals surface area contributed by atoms with Crippen LogP contribution in [0, 0.1) is 17.3 Å². The Bertz CT molecular complexity index is 392. The third-order valence-electron chi connectivity index (χ3n) is 6.81. The van der Waals surface area contributed by atoms with E-state index in [1.54, 1.807) is 11.8 Å². The molecule has 0 aromatic heterocycles. The highest BCUT2D eigenvalue weighted by Crippen LogP contribution is 2.48. The zero-order chi connectivity index (χ0) is 19.7. The highest BCUT2D eigenvalue weighted by Gasteiger charge is 2.40. The predicted octanol–water partition coefficient (Wildman–Crippen LogP) is 4.14. The SMILES string of the molecule is CC(C)(C1CCC(OCSCCO)CC1)C1CCC(OCC(O)CS)CC1. The third kappa shape index (κ3) is 7.71. The Kier molecular flexibility index (Phi) is 10.8. The fourth-order valence-electron chi connectivity index (χ4n) is 4.85. The molecule has 0 aromatic carbocycles. The first-order valence-electron chi connectivity index (χ1n) is 10.7. The molecule has 0 aliphatic heterocycles. The fourth-order valence-corrected chi connectivity index (χ4v) is 5.49. The normalized spacial score (nSPS) is 31.0. The topological polar surface area (TPSA) is 58.9 Å². The van der Waals surface area contributed by atoms with Crippen LogP contribution in [0.2, 0.25) is 0 Å². The maximum Gasteiger partial charge on any atom is 0.0925 e. The smallest absolute Gasteiger partial charge is 0.0925 e. The summed E-state index contributed by atoms with van der Waals surface area (Å²) in [6.45, 7) is 5.61. The van der Waals surface area contributed by atoms with Crippen molar-refractivity contribution in [3.8, 4) is 0 Å². The Morgan fingerprint density at radius 2 is 1.48 bits per heavy atom. The standard InChI is InChI=1S/C21H40O4S2/c1-21(2,16-3-7-19(8-4-16)24-13-18(23)14-26)17-5-9-20(10-6-17)25-15-27-12-11-22/h16-20,22-23,26H,3-15H2,1-2H3. The molecule has 0 radical (unpaired) electrons. The van der Waals surface area contributed by atoms with E-state index in [1.807, 2.05) is 0 Å². The number of rotatable bonds is 11. The molecule has 2 rings (SSSR count). The molecule has 2 saturated carbocycles. The average Bonchev–Trinajstić information content (AvgIpc) is 2.70. The summed E-state index contributed by atoms with van der Waals surface area (Å²) in [5.74, 6) is 3.51. The molecule has 0 bridgehead atoms. The summed E-state index contributed by atoms with van der Waals surface area (Å²) < 4.78 is 11.8. The molecule has 160 valence electrons. The van der Waals surface area contributed by atoms with E-state index in [2.05, 4.69) is 26.5 Å². The number of aliphatic hydroxyl groups excluding tert-OH is 2. The van der Waals surface area contributed by atoms with Crippen LogP contribution in [0.1, 0.15) is 65.2 Å². The lowest BCUT2D eigenvalue weighted by Crippen LogP contribution is -2.39. The molecule has 0 spiro atoms. The molecule has 1 atom stereocenters. The zero-order valence-corrected chi connectivity index (χ0v) is 18.9. The summed E-state index contributed by atoms with van der Waals surface area (Å²) in [4.78, 5) is 0. The number of aliphatic hydroxyl groups is 2. The van der Waals surface area contributed by atoms with Gasteiger partial charge in [0.2, 0.25) is 0 Å². The second kappa shape index (κ2) is 12.3. The van der Waals surface area contributed by atoms with Crippen molar-refractivity contribution >= 4 is 24.4 Å². The van der Waals surface area contributed by atoms with Gasteiger partial charge in [-0.1, -0.05) is 13.8 Å². The van der Waals surface area contributed by atoms with E-state index in [-0.39, 0.29) is 6.61 Å². The minimum atomic E-state index is -0.443. The van der Waals surface area contributed by atoms with Crippen molar-refractivity contribution in [2.45, 2.75) is 83.5 Å². The van der Waals surface area contributed by atoms with Crippen LogP contribution in [-0.2, 0) is 9.47 Å².